The van der Waals surface area contributed by atoms with Gasteiger partial charge in [0.05, 0.1) is 0 Å². The molecule has 5 rings (SSSR count). The Hall–Kier alpha value is -2.12. The highest BCUT2D eigenvalue weighted by molar-refractivity contribution is 9.15. The van der Waals surface area contributed by atoms with Crippen molar-refractivity contribution in [3.05, 3.63) is 106 Å². The van der Waals surface area contributed by atoms with Crippen LogP contribution in [0.5, 0.6) is 0 Å². The van der Waals surface area contributed by atoms with E-state index in [1.165, 1.54) is 43.4 Å². The largest absolute Gasteiger partial charge is 0.0622 e. The second kappa shape index (κ2) is 5.46. The molecule has 0 heterocycles. The molecule has 0 spiro atoms. The molecule has 0 saturated carbocycles. The van der Waals surface area contributed by atoms with E-state index < -0.39 is 0 Å². The van der Waals surface area contributed by atoms with Crippen LogP contribution in [0.1, 0.15) is 39.3 Å². The highest BCUT2D eigenvalue weighted by atomic mass is 79.9. The molecule has 2 aliphatic rings. The van der Waals surface area contributed by atoms with Gasteiger partial charge in [0, 0.05) is 10.4 Å². The van der Waals surface area contributed by atoms with Crippen molar-refractivity contribution in [2.45, 2.75) is 18.8 Å². The second-order valence-electron chi connectivity index (χ2n) is 6.60. The predicted octanol–water partition coefficient (Wildman–Crippen LogP) is 6.19. The summed E-state index contributed by atoms with van der Waals surface area (Å²) in [5, 5.41) is 0. The topological polar surface area (TPSA) is 0 Å². The summed E-state index contributed by atoms with van der Waals surface area (Å²) in [5.74, 6) is 0.340. The Labute approximate surface area is 151 Å². The standard InChI is InChI=1S/C23H17Br/c24-23-19-12-6-10-17-14-13-15-7-4-5-11-18(15)22(20(17)19)21(23)16-8-2-1-3-9-16/h1-12,22H,13-14H2. The van der Waals surface area contributed by atoms with Crippen molar-refractivity contribution in [3.63, 3.8) is 0 Å². The quantitative estimate of drug-likeness (QED) is 0.477. The van der Waals surface area contributed by atoms with Gasteiger partial charge in [-0.1, -0.05) is 72.8 Å². The Morgan fingerprint density at radius 1 is 0.708 bits per heavy atom. The fourth-order valence-electron chi connectivity index (χ4n) is 4.31. The molecule has 0 fully saturated rings. The molecular weight excluding hydrogens is 356 g/mol. The van der Waals surface area contributed by atoms with Gasteiger partial charge < -0.3 is 0 Å². The summed E-state index contributed by atoms with van der Waals surface area (Å²) in [4.78, 5) is 0. The summed E-state index contributed by atoms with van der Waals surface area (Å²) in [6.07, 6.45) is 2.25. The molecule has 1 unspecified atom stereocenters. The van der Waals surface area contributed by atoms with Crippen LogP contribution >= 0.6 is 15.9 Å². The summed E-state index contributed by atoms with van der Waals surface area (Å²) in [6, 6.07) is 26.6. The number of benzene rings is 3. The fourth-order valence-corrected chi connectivity index (χ4v) is 5.12. The molecule has 0 radical (unpaired) electrons. The number of hydrogen-bond acceptors (Lipinski definition) is 0. The van der Waals surface area contributed by atoms with Crippen molar-refractivity contribution in [1.29, 1.82) is 0 Å². The molecule has 0 bridgehead atoms. The van der Waals surface area contributed by atoms with E-state index in [-0.39, 0.29) is 0 Å². The second-order valence-corrected chi connectivity index (χ2v) is 7.40. The SMILES string of the molecule is BrC1=C(c2ccccc2)C2c3ccccc3CCc3cccc1c32. The lowest BCUT2D eigenvalue weighted by Gasteiger charge is -2.20. The van der Waals surface area contributed by atoms with Gasteiger partial charge in [0.2, 0.25) is 0 Å². The van der Waals surface area contributed by atoms with Crippen LogP contribution in [0.3, 0.4) is 0 Å². The number of aryl methyl sites for hydroxylation is 2. The first-order valence-electron chi connectivity index (χ1n) is 8.49. The third-order valence-electron chi connectivity index (χ3n) is 5.36. The number of halogens is 1. The first-order valence-corrected chi connectivity index (χ1v) is 9.29. The van der Waals surface area contributed by atoms with Gasteiger partial charge in [0.1, 0.15) is 0 Å². The molecule has 2 aliphatic carbocycles. The van der Waals surface area contributed by atoms with Gasteiger partial charge in [-0.2, -0.15) is 0 Å². The molecule has 0 N–H and O–H groups in total. The average Bonchev–Trinajstić information content (AvgIpc) is 2.83. The predicted molar refractivity (Wildman–Crippen MR) is 104 cm³/mol. The van der Waals surface area contributed by atoms with Crippen molar-refractivity contribution in [3.8, 4) is 0 Å². The summed E-state index contributed by atoms with van der Waals surface area (Å²) in [5.41, 5.74) is 10.1. The van der Waals surface area contributed by atoms with Gasteiger partial charge in [-0.25, -0.2) is 0 Å². The van der Waals surface area contributed by atoms with Gasteiger partial charge >= 0.3 is 0 Å². The average molecular weight is 373 g/mol. The molecule has 0 aliphatic heterocycles. The number of hydrogen-bond donors (Lipinski definition) is 0. The van der Waals surface area contributed by atoms with E-state index in [0.29, 0.717) is 5.92 Å². The Bertz CT molecular complexity index is 966. The zero-order valence-corrected chi connectivity index (χ0v) is 14.9. The summed E-state index contributed by atoms with van der Waals surface area (Å²) >= 11 is 3.94. The minimum atomic E-state index is 0.340. The first kappa shape index (κ1) is 14.2. The van der Waals surface area contributed by atoms with E-state index in [1.54, 1.807) is 0 Å². The molecule has 24 heavy (non-hydrogen) atoms. The molecule has 1 atom stereocenters. The molecule has 0 saturated heterocycles. The molecule has 3 aromatic carbocycles. The van der Waals surface area contributed by atoms with Gasteiger partial charge in [0.25, 0.3) is 0 Å². The van der Waals surface area contributed by atoms with Gasteiger partial charge in [-0.15, -0.1) is 0 Å². The van der Waals surface area contributed by atoms with Crippen LogP contribution in [0, 0.1) is 0 Å². The van der Waals surface area contributed by atoms with E-state index in [0.717, 1.165) is 12.8 Å². The number of rotatable bonds is 1. The minimum absolute atomic E-state index is 0.340. The minimum Gasteiger partial charge on any atom is -0.0622 e. The Balaban J connectivity index is 1.85. The van der Waals surface area contributed by atoms with Gasteiger partial charge in [-0.3, -0.25) is 0 Å². The molecule has 1 heteroatoms. The van der Waals surface area contributed by atoms with Crippen LogP contribution in [0.15, 0.2) is 72.8 Å². The molecule has 3 aromatic rings. The highest BCUT2D eigenvalue weighted by Gasteiger charge is 2.36. The monoisotopic (exact) mass is 372 g/mol. The zero-order valence-electron chi connectivity index (χ0n) is 13.3. The van der Waals surface area contributed by atoms with Gasteiger partial charge in [0.15, 0.2) is 0 Å². The smallest absolute Gasteiger partial charge is 0.0369 e. The molecular formula is C23H17Br. The van der Waals surface area contributed by atoms with Crippen LogP contribution in [0.4, 0.5) is 0 Å². The van der Waals surface area contributed by atoms with Crippen LogP contribution in [0.2, 0.25) is 0 Å². The van der Waals surface area contributed by atoms with E-state index in [9.17, 15) is 0 Å². The maximum atomic E-state index is 3.94. The fraction of sp³-hybridized carbons (Fsp3) is 0.130. The third kappa shape index (κ3) is 1.98. The summed E-state index contributed by atoms with van der Waals surface area (Å²) < 4.78 is 1.26. The molecule has 0 aromatic heterocycles. The van der Waals surface area contributed by atoms with Crippen molar-refractivity contribution < 1.29 is 0 Å². The Kier molecular flexibility index (Phi) is 3.24. The summed E-state index contributed by atoms with van der Waals surface area (Å²) in [6.45, 7) is 0. The van der Waals surface area contributed by atoms with Crippen LogP contribution in [-0.2, 0) is 12.8 Å². The van der Waals surface area contributed by atoms with E-state index in [4.69, 9.17) is 0 Å². The Morgan fingerprint density at radius 2 is 1.42 bits per heavy atom. The maximum Gasteiger partial charge on any atom is 0.0369 e. The van der Waals surface area contributed by atoms with E-state index in [1.807, 2.05) is 0 Å². The van der Waals surface area contributed by atoms with Crippen molar-refractivity contribution >= 4 is 26.0 Å². The highest BCUT2D eigenvalue weighted by Crippen LogP contribution is 2.55. The zero-order chi connectivity index (χ0) is 16.1. The van der Waals surface area contributed by atoms with Crippen molar-refractivity contribution in [1.82, 2.24) is 0 Å². The lowest BCUT2D eigenvalue weighted by atomic mass is 9.83. The first-order chi connectivity index (χ1) is 11.8. The van der Waals surface area contributed by atoms with Crippen LogP contribution in [0.25, 0.3) is 10.1 Å². The van der Waals surface area contributed by atoms with E-state index in [2.05, 4.69) is 88.7 Å². The maximum absolute atomic E-state index is 3.94. The Morgan fingerprint density at radius 3 is 2.29 bits per heavy atom. The van der Waals surface area contributed by atoms with E-state index >= 15 is 0 Å². The van der Waals surface area contributed by atoms with Crippen LogP contribution < -0.4 is 0 Å². The number of fused-ring (bicyclic) bond motifs is 2. The molecule has 116 valence electrons. The lowest BCUT2D eigenvalue weighted by molar-refractivity contribution is 0.964. The summed E-state index contributed by atoms with van der Waals surface area (Å²) in [7, 11) is 0. The van der Waals surface area contributed by atoms with Crippen molar-refractivity contribution in [2.24, 2.45) is 0 Å². The molecule has 0 amide bonds. The normalized spacial score (nSPS) is 18.1. The van der Waals surface area contributed by atoms with Crippen LogP contribution in [-0.4, -0.2) is 0 Å². The molecule has 0 nitrogen and oxygen atoms in total. The number of allylic oxidation sites excluding steroid dienone is 1. The lowest BCUT2D eigenvalue weighted by Crippen LogP contribution is -2.03. The van der Waals surface area contributed by atoms with Gasteiger partial charge in [-0.05, 0) is 67.7 Å². The third-order valence-corrected chi connectivity index (χ3v) is 6.22. The van der Waals surface area contributed by atoms with Crippen molar-refractivity contribution in [2.75, 3.05) is 0 Å².